The molecule has 6 nitrogen and oxygen atoms in total. The number of fused-ring (bicyclic) bond motifs is 1. The minimum absolute atomic E-state index is 0.0272. The fourth-order valence-electron chi connectivity index (χ4n) is 2.60. The lowest BCUT2D eigenvalue weighted by molar-refractivity contribution is -0.118. The smallest absolute Gasteiger partial charge is 0.230 e. The monoisotopic (exact) mass is 384 g/mol. The average Bonchev–Trinajstić information content (AvgIpc) is 3.11. The molecular formula is C20H24N4O2S. The second kappa shape index (κ2) is 8.90. The van der Waals surface area contributed by atoms with Crippen molar-refractivity contribution in [2.24, 2.45) is 5.92 Å². The molecule has 0 unspecified atom stereocenters. The van der Waals surface area contributed by atoms with E-state index in [4.69, 9.17) is 4.74 Å². The van der Waals surface area contributed by atoms with Crippen LogP contribution in [0, 0.1) is 5.92 Å². The number of hydrogen-bond acceptors (Lipinski definition) is 5. The first-order valence-corrected chi connectivity index (χ1v) is 9.93. The zero-order valence-corrected chi connectivity index (χ0v) is 16.6. The van der Waals surface area contributed by atoms with Gasteiger partial charge in [-0.15, -0.1) is 0 Å². The number of thioether (sulfide) groups is 1. The maximum absolute atomic E-state index is 12.0. The maximum atomic E-state index is 12.0. The Kier molecular flexibility index (Phi) is 6.34. The van der Waals surface area contributed by atoms with Gasteiger partial charge in [-0.3, -0.25) is 4.79 Å². The highest BCUT2D eigenvalue weighted by atomic mass is 32.2. The van der Waals surface area contributed by atoms with Gasteiger partial charge in [-0.25, -0.2) is 9.50 Å². The Morgan fingerprint density at radius 2 is 2.07 bits per heavy atom. The normalized spacial score (nSPS) is 11.1. The van der Waals surface area contributed by atoms with Gasteiger partial charge in [-0.05, 0) is 42.7 Å². The molecule has 3 aromatic rings. The van der Waals surface area contributed by atoms with E-state index in [-0.39, 0.29) is 5.91 Å². The number of aromatic nitrogens is 3. The van der Waals surface area contributed by atoms with Crippen molar-refractivity contribution in [3.63, 3.8) is 0 Å². The Hall–Kier alpha value is -2.54. The molecule has 0 fully saturated rings. The summed E-state index contributed by atoms with van der Waals surface area (Å²) >= 11 is 1.43. The highest BCUT2D eigenvalue weighted by molar-refractivity contribution is 8.00. The molecule has 0 atom stereocenters. The first-order chi connectivity index (χ1) is 13.1. The number of amides is 1. The molecule has 0 radical (unpaired) electrons. The van der Waals surface area contributed by atoms with Crippen LogP contribution in [0.25, 0.3) is 16.8 Å². The molecule has 3 rings (SSSR count). The van der Waals surface area contributed by atoms with Gasteiger partial charge in [-0.1, -0.05) is 25.6 Å². The van der Waals surface area contributed by atoms with Gasteiger partial charge < -0.3 is 10.1 Å². The first-order valence-electron chi connectivity index (χ1n) is 8.95. The summed E-state index contributed by atoms with van der Waals surface area (Å²) in [7, 11) is 1.65. The second-order valence-corrected chi connectivity index (χ2v) is 7.61. The quantitative estimate of drug-likeness (QED) is 0.600. The van der Waals surface area contributed by atoms with Crippen molar-refractivity contribution < 1.29 is 9.53 Å². The van der Waals surface area contributed by atoms with Crippen LogP contribution in [0.3, 0.4) is 0 Å². The summed E-state index contributed by atoms with van der Waals surface area (Å²) in [6.45, 7) is 5.00. The lowest BCUT2D eigenvalue weighted by atomic mass is 10.1. The van der Waals surface area contributed by atoms with E-state index in [1.165, 1.54) is 11.8 Å². The number of carbonyl (C=O) groups is 1. The van der Waals surface area contributed by atoms with Crippen molar-refractivity contribution in [2.45, 2.75) is 25.3 Å². The van der Waals surface area contributed by atoms with Gasteiger partial charge in [0.2, 0.25) is 5.91 Å². The Morgan fingerprint density at radius 3 is 2.78 bits per heavy atom. The molecule has 27 heavy (non-hydrogen) atoms. The van der Waals surface area contributed by atoms with E-state index >= 15 is 0 Å². The van der Waals surface area contributed by atoms with Crippen molar-refractivity contribution in [2.75, 3.05) is 19.4 Å². The SMILES string of the molecule is COc1ccc(-c2cc3c(SCC(=O)NCCC(C)C)nccn3n2)cc1. The number of ether oxygens (including phenoxy) is 1. The van der Waals surface area contributed by atoms with Crippen molar-refractivity contribution in [3.8, 4) is 17.0 Å². The van der Waals surface area contributed by atoms with E-state index in [0.717, 1.165) is 34.0 Å². The van der Waals surface area contributed by atoms with Crippen LogP contribution in [0.15, 0.2) is 47.8 Å². The molecule has 1 aromatic carbocycles. The van der Waals surface area contributed by atoms with E-state index < -0.39 is 0 Å². The molecule has 2 heterocycles. The number of methoxy groups -OCH3 is 1. The third-order valence-corrected chi connectivity index (χ3v) is 5.12. The van der Waals surface area contributed by atoms with Gasteiger partial charge in [0.05, 0.1) is 24.1 Å². The van der Waals surface area contributed by atoms with E-state index in [0.29, 0.717) is 18.2 Å². The first kappa shape index (κ1) is 19.2. The highest BCUT2D eigenvalue weighted by Crippen LogP contribution is 2.27. The molecule has 0 aliphatic heterocycles. The molecule has 1 amide bonds. The van der Waals surface area contributed by atoms with E-state index in [1.54, 1.807) is 17.8 Å². The largest absolute Gasteiger partial charge is 0.497 e. The Balaban J connectivity index is 1.71. The summed E-state index contributed by atoms with van der Waals surface area (Å²) in [5.41, 5.74) is 2.75. The lowest BCUT2D eigenvalue weighted by Crippen LogP contribution is -2.26. The summed E-state index contributed by atoms with van der Waals surface area (Å²) in [5, 5.41) is 8.36. The molecule has 1 N–H and O–H groups in total. The molecule has 142 valence electrons. The Morgan fingerprint density at radius 1 is 1.30 bits per heavy atom. The van der Waals surface area contributed by atoms with Crippen molar-refractivity contribution in [1.82, 2.24) is 19.9 Å². The fourth-order valence-corrected chi connectivity index (χ4v) is 3.40. The highest BCUT2D eigenvalue weighted by Gasteiger charge is 2.11. The Labute approximate surface area is 163 Å². The maximum Gasteiger partial charge on any atom is 0.230 e. The molecule has 2 aromatic heterocycles. The fraction of sp³-hybridized carbons (Fsp3) is 0.350. The van der Waals surface area contributed by atoms with Crippen LogP contribution < -0.4 is 10.1 Å². The van der Waals surface area contributed by atoms with Gasteiger partial charge in [-0.2, -0.15) is 5.10 Å². The molecule has 0 saturated heterocycles. The van der Waals surface area contributed by atoms with Crippen molar-refractivity contribution >= 4 is 23.2 Å². The van der Waals surface area contributed by atoms with Crippen LogP contribution in [-0.4, -0.2) is 39.9 Å². The second-order valence-electron chi connectivity index (χ2n) is 6.64. The number of nitrogens with one attached hydrogen (secondary N) is 1. The van der Waals surface area contributed by atoms with Crippen LogP contribution in [0.5, 0.6) is 5.75 Å². The molecule has 7 heteroatoms. The van der Waals surface area contributed by atoms with Crippen LogP contribution in [0.4, 0.5) is 0 Å². The third-order valence-electron chi connectivity index (χ3n) is 4.12. The summed E-state index contributed by atoms with van der Waals surface area (Å²) in [6, 6.07) is 9.77. The number of rotatable bonds is 8. The molecule has 0 bridgehead atoms. The number of nitrogens with zero attached hydrogens (tertiary/aromatic N) is 3. The molecule has 0 aliphatic rings. The van der Waals surface area contributed by atoms with Gasteiger partial charge in [0, 0.05) is 24.5 Å². The van der Waals surface area contributed by atoms with E-state index in [9.17, 15) is 4.79 Å². The van der Waals surface area contributed by atoms with Crippen LogP contribution in [-0.2, 0) is 4.79 Å². The molecule has 0 saturated carbocycles. The zero-order chi connectivity index (χ0) is 19.2. The number of carbonyl (C=O) groups excluding carboxylic acids is 1. The number of benzene rings is 1. The lowest BCUT2D eigenvalue weighted by Gasteiger charge is -2.07. The minimum Gasteiger partial charge on any atom is -0.497 e. The predicted octanol–water partition coefficient (Wildman–Crippen LogP) is 3.66. The zero-order valence-electron chi connectivity index (χ0n) is 15.8. The predicted molar refractivity (Wildman–Crippen MR) is 108 cm³/mol. The topological polar surface area (TPSA) is 68.5 Å². The molecule has 0 aliphatic carbocycles. The standard InChI is InChI=1S/C20H24N4O2S/c1-14(2)8-9-21-19(25)13-27-20-18-12-17(23-24(18)11-10-22-20)15-4-6-16(26-3)7-5-15/h4-7,10-12,14H,8-9,13H2,1-3H3,(H,21,25). The van der Waals surface area contributed by atoms with Gasteiger partial charge >= 0.3 is 0 Å². The van der Waals surface area contributed by atoms with E-state index in [2.05, 4.69) is 29.2 Å². The Bertz CT molecular complexity index is 906. The number of hydrogen-bond donors (Lipinski definition) is 1. The summed E-state index contributed by atoms with van der Waals surface area (Å²) in [6.07, 6.45) is 4.50. The van der Waals surface area contributed by atoms with Crippen molar-refractivity contribution in [3.05, 3.63) is 42.7 Å². The van der Waals surface area contributed by atoms with Crippen LogP contribution in [0.1, 0.15) is 20.3 Å². The van der Waals surface area contributed by atoms with Gasteiger partial charge in [0.15, 0.2) is 0 Å². The summed E-state index contributed by atoms with van der Waals surface area (Å²) < 4.78 is 7.00. The average molecular weight is 385 g/mol. The van der Waals surface area contributed by atoms with Crippen LogP contribution >= 0.6 is 11.8 Å². The van der Waals surface area contributed by atoms with E-state index in [1.807, 2.05) is 36.5 Å². The van der Waals surface area contributed by atoms with Crippen molar-refractivity contribution in [1.29, 1.82) is 0 Å². The van der Waals surface area contributed by atoms with Gasteiger partial charge in [0.25, 0.3) is 0 Å². The van der Waals surface area contributed by atoms with Gasteiger partial charge in [0.1, 0.15) is 10.8 Å². The van der Waals surface area contributed by atoms with Crippen LogP contribution in [0.2, 0.25) is 0 Å². The minimum atomic E-state index is 0.0272. The summed E-state index contributed by atoms with van der Waals surface area (Å²) in [4.78, 5) is 16.5. The third kappa shape index (κ3) is 5.01. The molecular weight excluding hydrogens is 360 g/mol. The molecule has 0 spiro atoms. The summed E-state index contributed by atoms with van der Waals surface area (Å²) in [5.74, 6) is 1.76.